The number of rotatable bonds is 8. The van der Waals surface area contributed by atoms with Crippen LogP contribution in [0.15, 0.2) is 24.3 Å². The van der Waals surface area contributed by atoms with E-state index in [1.807, 2.05) is 12.1 Å². The Hall–Kier alpha value is -2.08. The quantitative estimate of drug-likeness (QED) is 0.757. The number of methoxy groups -OCH3 is 1. The first kappa shape index (κ1) is 17.0. The van der Waals surface area contributed by atoms with Crippen molar-refractivity contribution in [1.82, 2.24) is 5.32 Å². The van der Waals surface area contributed by atoms with Crippen LogP contribution in [0.4, 0.5) is 5.69 Å². The Morgan fingerprint density at radius 3 is 2.24 bits per heavy atom. The molecule has 1 unspecified atom stereocenters. The van der Waals surface area contributed by atoms with Crippen LogP contribution < -0.4 is 10.2 Å². The molecule has 0 saturated heterocycles. The highest BCUT2D eigenvalue weighted by atomic mass is 16.5. The average Bonchev–Trinajstić information content (AvgIpc) is 2.49. The molecule has 0 fully saturated rings. The SMILES string of the molecule is CCN(CC)c1ccc(C(=O)NCC(OC)C(=O)O)cc1. The molecular formula is C15H22N2O4. The minimum atomic E-state index is -1.10. The number of nitrogens with one attached hydrogen (secondary N) is 1. The van der Waals surface area contributed by atoms with Crippen molar-refractivity contribution >= 4 is 17.6 Å². The van der Waals surface area contributed by atoms with E-state index >= 15 is 0 Å². The van der Waals surface area contributed by atoms with Crippen molar-refractivity contribution in [2.24, 2.45) is 0 Å². The summed E-state index contributed by atoms with van der Waals surface area (Å²) in [5.74, 6) is -1.42. The number of benzene rings is 1. The van der Waals surface area contributed by atoms with Crippen molar-refractivity contribution < 1.29 is 19.4 Å². The molecule has 1 rings (SSSR count). The van der Waals surface area contributed by atoms with Crippen molar-refractivity contribution in [1.29, 1.82) is 0 Å². The van der Waals surface area contributed by atoms with Gasteiger partial charge in [-0.15, -0.1) is 0 Å². The maximum Gasteiger partial charge on any atom is 0.334 e. The second kappa shape index (κ2) is 8.26. The first-order chi connectivity index (χ1) is 10.0. The molecule has 0 spiro atoms. The number of anilines is 1. The Morgan fingerprint density at radius 1 is 1.24 bits per heavy atom. The molecule has 2 N–H and O–H groups in total. The molecular weight excluding hydrogens is 272 g/mol. The van der Waals surface area contributed by atoms with Crippen molar-refractivity contribution in [3.05, 3.63) is 29.8 Å². The Bertz CT molecular complexity index is 469. The van der Waals surface area contributed by atoms with Crippen molar-refractivity contribution in [3.63, 3.8) is 0 Å². The van der Waals surface area contributed by atoms with Crippen molar-refractivity contribution in [3.8, 4) is 0 Å². The Labute approximate surface area is 124 Å². The van der Waals surface area contributed by atoms with Crippen LogP contribution >= 0.6 is 0 Å². The summed E-state index contributed by atoms with van der Waals surface area (Å²) < 4.78 is 4.76. The van der Waals surface area contributed by atoms with Gasteiger partial charge in [0.25, 0.3) is 5.91 Å². The van der Waals surface area contributed by atoms with Crippen LogP contribution in [0.2, 0.25) is 0 Å². The van der Waals surface area contributed by atoms with Crippen LogP contribution in [-0.2, 0) is 9.53 Å². The van der Waals surface area contributed by atoms with E-state index in [9.17, 15) is 9.59 Å². The second-order valence-corrected chi connectivity index (χ2v) is 4.49. The molecule has 0 saturated carbocycles. The molecule has 1 atom stereocenters. The largest absolute Gasteiger partial charge is 0.479 e. The van der Waals surface area contributed by atoms with Gasteiger partial charge in [-0.1, -0.05) is 0 Å². The Kier molecular flexibility index (Phi) is 6.68. The lowest BCUT2D eigenvalue weighted by molar-refractivity contribution is -0.148. The van der Waals surface area contributed by atoms with E-state index in [0.29, 0.717) is 5.56 Å². The number of carboxylic acids is 1. The predicted octanol–water partition coefficient (Wildman–Crippen LogP) is 1.36. The van der Waals surface area contributed by atoms with Gasteiger partial charge < -0.3 is 20.1 Å². The summed E-state index contributed by atoms with van der Waals surface area (Å²) in [5.41, 5.74) is 1.54. The fourth-order valence-corrected chi connectivity index (χ4v) is 1.97. The van der Waals surface area contributed by atoms with Gasteiger partial charge in [0.2, 0.25) is 0 Å². The van der Waals surface area contributed by atoms with Gasteiger partial charge in [0.15, 0.2) is 6.10 Å². The molecule has 1 aromatic rings. The van der Waals surface area contributed by atoms with Crippen LogP contribution in [0.3, 0.4) is 0 Å². The Balaban J connectivity index is 2.65. The van der Waals surface area contributed by atoms with E-state index in [1.54, 1.807) is 12.1 Å². The van der Waals surface area contributed by atoms with Gasteiger partial charge in [0, 0.05) is 31.5 Å². The molecule has 0 aliphatic heterocycles. The first-order valence-electron chi connectivity index (χ1n) is 6.92. The van der Waals surface area contributed by atoms with E-state index in [0.717, 1.165) is 18.8 Å². The molecule has 0 aliphatic rings. The molecule has 0 aliphatic carbocycles. The van der Waals surface area contributed by atoms with Crippen molar-refractivity contribution in [2.75, 3.05) is 31.6 Å². The minimum absolute atomic E-state index is 0.0670. The molecule has 1 aromatic carbocycles. The van der Waals surface area contributed by atoms with Gasteiger partial charge in [0.05, 0.1) is 6.54 Å². The van der Waals surface area contributed by atoms with E-state index in [-0.39, 0.29) is 12.5 Å². The zero-order chi connectivity index (χ0) is 15.8. The topological polar surface area (TPSA) is 78.9 Å². The van der Waals surface area contributed by atoms with Gasteiger partial charge in [-0.2, -0.15) is 0 Å². The summed E-state index contributed by atoms with van der Waals surface area (Å²) in [5, 5.41) is 11.4. The molecule has 0 radical (unpaired) electrons. The highest BCUT2D eigenvalue weighted by Crippen LogP contribution is 2.14. The summed E-state index contributed by atoms with van der Waals surface area (Å²) in [4.78, 5) is 24.9. The number of ether oxygens (including phenoxy) is 1. The number of hydrogen-bond donors (Lipinski definition) is 2. The van der Waals surface area contributed by atoms with E-state index < -0.39 is 12.1 Å². The van der Waals surface area contributed by atoms with Gasteiger partial charge in [-0.05, 0) is 38.1 Å². The molecule has 0 bridgehead atoms. The Morgan fingerprint density at radius 2 is 1.81 bits per heavy atom. The molecule has 21 heavy (non-hydrogen) atoms. The van der Waals surface area contributed by atoms with Gasteiger partial charge in [-0.3, -0.25) is 4.79 Å². The lowest BCUT2D eigenvalue weighted by Gasteiger charge is -2.21. The molecule has 116 valence electrons. The number of carbonyl (C=O) groups excluding carboxylic acids is 1. The summed E-state index contributed by atoms with van der Waals surface area (Å²) in [7, 11) is 1.30. The molecule has 6 nitrogen and oxygen atoms in total. The number of hydrogen-bond acceptors (Lipinski definition) is 4. The van der Waals surface area contributed by atoms with E-state index in [2.05, 4.69) is 24.1 Å². The number of carbonyl (C=O) groups is 2. The van der Waals surface area contributed by atoms with Crippen molar-refractivity contribution in [2.45, 2.75) is 20.0 Å². The van der Waals surface area contributed by atoms with E-state index in [4.69, 9.17) is 9.84 Å². The zero-order valence-electron chi connectivity index (χ0n) is 12.6. The summed E-state index contributed by atoms with van der Waals surface area (Å²) in [6.07, 6.45) is -1.04. The first-order valence-corrected chi connectivity index (χ1v) is 6.92. The third-order valence-corrected chi connectivity index (χ3v) is 3.27. The van der Waals surface area contributed by atoms with Gasteiger partial charge in [-0.25, -0.2) is 4.79 Å². The number of carboxylic acid groups (broad SMARTS) is 1. The standard InChI is InChI=1S/C15H22N2O4/c1-4-17(5-2)12-8-6-11(7-9-12)14(18)16-10-13(21-3)15(19)20/h6-9,13H,4-5,10H2,1-3H3,(H,16,18)(H,19,20). The number of amides is 1. The third kappa shape index (κ3) is 4.75. The monoisotopic (exact) mass is 294 g/mol. The van der Waals surface area contributed by atoms with Gasteiger partial charge in [0.1, 0.15) is 0 Å². The highest BCUT2D eigenvalue weighted by Gasteiger charge is 2.17. The molecule has 1 amide bonds. The molecule has 0 aromatic heterocycles. The zero-order valence-corrected chi connectivity index (χ0v) is 12.6. The normalized spacial score (nSPS) is 11.8. The van der Waals surface area contributed by atoms with E-state index in [1.165, 1.54) is 7.11 Å². The fourth-order valence-electron chi connectivity index (χ4n) is 1.97. The maximum atomic E-state index is 11.9. The summed E-state index contributed by atoms with van der Waals surface area (Å²) in [6.45, 7) is 5.87. The highest BCUT2D eigenvalue weighted by molar-refractivity contribution is 5.94. The summed E-state index contributed by atoms with van der Waals surface area (Å²) in [6, 6.07) is 7.22. The second-order valence-electron chi connectivity index (χ2n) is 4.49. The van der Waals surface area contributed by atoms with Crippen LogP contribution in [-0.4, -0.2) is 49.8 Å². The predicted molar refractivity (Wildman–Crippen MR) is 80.8 cm³/mol. The average molecular weight is 294 g/mol. The van der Waals surface area contributed by atoms with Gasteiger partial charge >= 0.3 is 5.97 Å². The lowest BCUT2D eigenvalue weighted by atomic mass is 10.1. The molecule has 6 heteroatoms. The maximum absolute atomic E-state index is 11.9. The van der Waals surface area contributed by atoms with Crippen LogP contribution in [0, 0.1) is 0 Å². The van der Waals surface area contributed by atoms with Crippen LogP contribution in [0.1, 0.15) is 24.2 Å². The van der Waals surface area contributed by atoms with Crippen LogP contribution in [0.5, 0.6) is 0 Å². The molecule has 0 heterocycles. The number of nitrogens with zero attached hydrogens (tertiary/aromatic N) is 1. The fraction of sp³-hybridized carbons (Fsp3) is 0.467. The smallest absolute Gasteiger partial charge is 0.334 e. The number of aliphatic carboxylic acids is 1. The minimum Gasteiger partial charge on any atom is -0.479 e. The third-order valence-electron chi connectivity index (χ3n) is 3.27. The summed E-state index contributed by atoms with van der Waals surface area (Å²) >= 11 is 0. The lowest BCUT2D eigenvalue weighted by Crippen LogP contribution is -2.37. The van der Waals surface area contributed by atoms with Crippen LogP contribution in [0.25, 0.3) is 0 Å².